The van der Waals surface area contributed by atoms with E-state index >= 15 is 0 Å². The summed E-state index contributed by atoms with van der Waals surface area (Å²) in [7, 11) is 0. The number of aliphatic hydroxyl groups excluding tert-OH is 1. The molecular weight excluding hydrogens is 234 g/mol. The van der Waals surface area contributed by atoms with Crippen molar-refractivity contribution in [2.75, 3.05) is 23.3 Å². The highest BCUT2D eigenvalue weighted by molar-refractivity contribution is 7.07. The summed E-state index contributed by atoms with van der Waals surface area (Å²) in [6.45, 7) is 0.445. The minimum atomic E-state index is -0.514. The fourth-order valence-electron chi connectivity index (χ4n) is 1.48. The van der Waals surface area contributed by atoms with Gasteiger partial charge in [0.2, 0.25) is 0 Å². The lowest BCUT2D eigenvalue weighted by atomic mass is 10.2. The van der Waals surface area contributed by atoms with Gasteiger partial charge in [-0.3, -0.25) is 0 Å². The zero-order valence-electron chi connectivity index (χ0n) is 9.26. The Bertz CT molecular complexity index is 485. The maximum atomic E-state index is 9.88. The molecule has 0 bridgehead atoms. The predicted octanol–water partition coefficient (Wildman–Crippen LogP) is 2.06. The van der Waals surface area contributed by atoms with Gasteiger partial charge in [0.15, 0.2) is 0 Å². The first-order chi connectivity index (χ1) is 8.16. The SMILES string of the molecule is Nc1ccc(NCC(O)c2ccsc2)cc1N. The third kappa shape index (κ3) is 2.89. The fraction of sp³-hybridized carbons (Fsp3) is 0.167. The van der Waals surface area contributed by atoms with Crippen molar-refractivity contribution >= 4 is 28.4 Å². The van der Waals surface area contributed by atoms with Gasteiger partial charge in [-0.05, 0) is 40.6 Å². The quantitative estimate of drug-likeness (QED) is 0.625. The van der Waals surface area contributed by atoms with Crippen molar-refractivity contribution in [1.82, 2.24) is 0 Å². The molecule has 17 heavy (non-hydrogen) atoms. The molecule has 2 aromatic rings. The Balaban J connectivity index is 1.96. The van der Waals surface area contributed by atoms with E-state index in [0.29, 0.717) is 17.9 Å². The normalized spacial score (nSPS) is 12.3. The average Bonchev–Trinajstić information content (AvgIpc) is 2.84. The van der Waals surface area contributed by atoms with E-state index in [4.69, 9.17) is 11.5 Å². The standard InChI is InChI=1S/C12H15N3OS/c13-10-2-1-9(5-11(10)14)15-6-12(16)8-3-4-17-7-8/h1-5,7,12,15-16H,6,13-14H2. The summed E-state index contributed by atoms with van der Waals surface area (Å²) in [6, 6.07) is 7.25. The Morgan fingerprint density at radius 2 is 2.06 bits per heavy atom. The highest BCUT2D eigenvalue weighted by Crippen LogP contribution is 2.21. The second-order valence-corrected chi connectivity index (χ2v) is 4.58. The number of hydrogen-bond acceptors (Lipinski definition) is 5. The van der Waals surface area contributed by atoms with E-state index in [2.05, 4.69) is 5.32 Å². The van der Waals surface area contributed by atoms with E-state index in [0.717, 1.165) is 11.3 Å². The Labute approximate surface area is 104 Å². The first kappa shape index (κ1) is 11.8. The minimum absolute atomic E-state index is 0.445. The van der Waals surface area contributed by atoms with Crippen LogP contribution in [0.1, 0.15) is 11.7 Å². The van der Waals surface area contributed by atoms with Gasteiger partial charge in [-0.1, -0.05) is 0 Å². The molecule has 1 atom stereocenters. The van der Waals surface area contributed by atoms with Crippen LogP contribution in [0.2, 0.25) is 0 Å². The summed E-state index contributed by atoms with van der Waals surface area (Å²) in [5, 5.41) is 16.9. The van der Waals surface area contributed by atoms with E-state index in [1.807, 2.05) is 22.9 Å². The summed E-state index contributed by atoms with van der Waals surface area (Å²) in [4.78, 5) is 0. The zero-order valence-corrected chi connectivity index (χ0v) is 10.1. The minimum Gasteiger partial charge on any atom is -0.397 e. The summed E-state index contributed by atoms with van der Waals surface area (Å²) < 4.78 is 0. The van der Waals surface area contributed by atoms with Crippen molar-refractivity contribution in [3.63, 3.8) is 0 Å². The van der Waals surface area contributed by atoms with Gasteiger partial charge in [0.25, 0.3) is 0 Å². The molecular formula is C12H15N3OS. The van der Waals surface area contributed by atoms with Crippen LogP contribution in [0.3, 0.4) is 0 Å². The maximum absolute atomic E-state index is 9.88. The molecule has 0 spiro atoms. The van der Waals surface area contributed by atoms with Crippen LogP contribution >= 0.6 is 11.3 Å². The monoisotopic (exact) mass is 249 g/mol. The molecule has 5 heteroatoms. The highest BCUT2D eigenvalue weighted by Gasteiger charge is 2.07. The molecule has 0 amide bonds. The van der Waals surface area contributed by atoms with Crippen molar-refractivity contribution < 1.29 is 5.11 Å². The lowest BCUT2D eigenvalue weighted by Crippen LogP contribution is -2.11. The Morgan fingerprint density at radius 1 is 1.24 bits per heavy atom. The number of nitrogens with two attached hydrogens (primary N) is 2. The molecule has 1 heterocycles. The lowest BCUT2D eigenvalue weighted by Gasteiger charge is -2.12. The van der Waals surface area contributed by atoms with Crippen LogP contribution in [0.25, 0.3) is 0 Å². The number of aliphatic hydroxyl groups is 1. The van der Waals surface area contributed by atoms with Crippen LogP contribution < -0.4 is 16.8 Å². The third-order valence-electron chi connectivity index (χ3n) is 2.51. The van der Waals surface area contributed by atoms with Gasteiger partial charge < -0.3 is 21.9 Å². The molecule has 0 aliphatic carbocycles. The van der Waals surface area contributed by atoms with E-state index in [-0.39, 0.29) is 0 Å². The summed E-state index contributed by atoms with van der Waals surface area (Å²) in [5.74, 6) is 0. The summed E-state index contributed by atoms with van der Waals surface area (Å²) in [5.41, 5.74) is 14.2. The molecule has 1 aromatic heterocycles. The number of rotatable bonds is 4. The molecule has 1 unspecified atom stereocenters. The smallest absolute Gasteiger partial charge is 0.0970 e. The van der Waals surface area contributed by atoms with Crippen LogP contribution in [0.15, 0.2) is 35.0 Å². The highest BCUT2D eigenvalue weighted by atomic mass is 32.1. The summed E-state index contributed by atoms with van der Waals surface area (Å²) in [6.07, 6.45) is -0.514. The molecule has 0 fully saturated rings. The zero-order chi connectivity index (χ0) is 12.3. The molecule has 0 aliphatic rings. The molecule has 0 saturated carbocycles. The Morgan fingerprint density at radius 3 is 2.71 bits per heavy atom. The van der Waals surface area contributed by atoms with Crippen LogP contribution in [0.5, 0.6) is 0 Å². The average molecular weight is 249 g/mol. The lowest BCUT2D eigenvalue weighted by molar-refractivity contribution is 0.192. The molecule has 0 aliphatic heterocycles. The van der Waals surface area contributed by atoms with Gasteiger partial charge in [-0.2, -0.15) is 11.3 Å². The van der Waals surface area contributed by atoms with E-state index in [1.165, 1.54) is 0 Å². The van der Waals surface area contributed by atoms with Gasteiger partial charge in [0.1, 0.15) is 0 Å². The third-order valence-corrected chi connectivity index (χ3v) is 3.22. The largest absolute Gasteiger partial charge is 0.397 e. The van der Waals surface area contributed by atoms with Crippen LogP contribution in [0.4, 0.5) is 17.1 Å². The van der Waals surface area contributed by atoms with Crippen molar-refractivity contribution in [2.24, 2.45) is 0 Å². The number of anilines is 3. The second-order valence-electron chi connectivity index (χ2n) is 3.80. The molecule has 1 aromatic carbocycles. The predicted molar refractivity (Wildman–Crippen MR) is 73.0 cm³/mol. The van der Waals surface area contributed by atoms with Gasteiger partial charge in [-0.25, -0.2) is 0 Å². The van der Waals surface area contributed by atoms with Crippen LogP contribution in [-0.4, -0.2) is 11.7 Å². The van der Waals surface area contributed by atoms with Gasteiger partial charge in [0.05, 0.1) is 17.5 Å². The number of nitrogen functional groups attached to an aromatic ring is 2. The number of nitrogens with one attached hydrogen (secondary N) is 1. The topological polar surface area (TPSA) is 84.3 Å². The molecule has 90 valence electrons. The molecule has 4 nitrogen and oxygen atoms in total. The van der Waals surface area contributed by atoms with E-state index in [9.17, 15) is 5.11 Å². The molecule has 2 rings (SSSR count). The summed E-state index contributed by atoms with van der Waals surface area (Å²) >= 11 is 1.57. The van der Waals surface area contributed by atoms with E-state index in [1.54, 1.807) is 23.5 Å². The molecule has 6 N–H and O–H groups in total. The number of thiophene rings is 1. The van der Waals surface area contributed by atoms with Gasteiger partial charge in [0, 0.05) is 12.2 Å². The van der Waals surface area contributed by atoms with E-state index < -0.39 is 6.10 Å². The first-order valence-corrected chi connectivity index (χ1v) is 6.20. The molecule has 0 saturated heterocycles. The van der Waals surface area contributed by atoms with Crippen molar-refractivity contribution in [3.05, 3.63) is 40.6 Å². The number of hydrogen-bond donors (Lipinski definition) is 4. The first-order valence-electron chi connectivity index (χ1n) is 5.26. The van der Waals surface area contributed by atoms with Crippen LogP contribution in [0, 0.1) is 0 Å². The van der Waals surface area contributed by atoms with Crippen molar-refractivity contribution in [3.8, 4) is 0 Å². The Kier molecular flexibility index (Phi) is 3.51. The van der Waals surface area contributed by atoms with Crippen molar-refractivity contribution in [1.29, 1.82) is 0 Å². The van der Waals surface area contributed by atoms with Gasteiger partial charge >= 0.3 is 0 Å². The molecule has 0 radical (unpaired) electrons. The second kappa shape index (κ2) is 5.07. The maximum Gasteiger partial charge on any atom is 0.0970 e. The van der Waals surface area contributed by atoms with Crippen LogP contribution in [-0.2, 0) is 0 Å². The van der Waals surface area contributed by atoms with Gasteiger partial charge in [-0.15, -0.1) is 0 Å². The fourth-order valence-corrected chi connectivity index (χ4v) is 2.19. The van der Waals surface area contributed by atoms with Crippen molar-refractivity contribution in [2.45, 2.75) is 6.10 Å². The Hall–Kier alpha value is -1.72. The number of benzene rings is 1.